The molecule has 0 saturated heterocycles. The molecule has 2 atom stereocenters. The van der Waals surface area contributed by atoms with E-state index in [1.807, 2.05) is 12.1 Å². The molecule has 36 heavy (non-hydrogen) atoms. The summed E-state index contributed by atoms with van der Waals surface area (Å²) in [5, 5.41) is 11.2. The summed E-state index contributed by atoms with van der Waals surface area (Å²) in [6, 6.07) is 7.75. The Morgan fingerprint density at radius 1 is 0.889 bits per heavy atom. The third-order valence-electron chi connectivity index (χ3n) is 8.41. The highest BCUT2D eigenvalue weighted by Crippen LogP contribution is 2.51. The summed E-state index contributed by atoms with van der Waals surface area (Å²) in [6.45, 7) is 6.24. The van der Waals surface area contributed by atoms with Gasteiger partial charge in [0.1, 0.15) is 17.6 Å². The van der Waals surface area contributed by atoms with Crippen LogP contribution in [0, 0.1) is 11.8 Å². The van der Waals surface area contributed by atoms with Gasteiger partial charge in [0.25, 0.3) is 0 Å². The second-order valence-corrected chi connectivity index (χ2v) is 11.2. The predicted molar refractivity (Wildman–Crippen MR) is 144 cm³/mol. The molecule has 3 aliphatic rings. The van der Waals surface area contributed by atoms with Gasteiger partial charge in [-0.1, -0.05) is 32.4 Å². The molecule has 0 radical (unpaired) electrons. The minimum absolute atomic E-state index is 0.112. The van der Waals surface area contributed by atoms with Crippen LogP contribution in [-0.2, 0) is 17.6 Å². The number of benzene rings is 2. The molecule has 2 aromatic rings. The van der Waals surface area contributed by atoms with Crippen molar-refractivity contribution >= 4 is 17.5 Å². The number of fused-ring (bicyclic) bond motifs is 2. The van der Waals surface area contributed by atoms with Crippen molar-refractivity contribution in [2.24, 2.45) is 11.8 Å². The Kier molecular flexibility index (Phi) is 7.05. The van der Waals surface area contributed by atoms with Gasteiger partial charge in [-0.25, -0.2) is 4.79 Å². The van der Waals surface area contributed by atoms with Crippen molar-refractivity contribution < 1.29 is 19.4 Å². The molecule has 2 aromatic carbocycles. The van der Waals surface area contributed by atoms with Gasteiger partial charge in [0.05, 0.1) is 22.5 Å². The number of ether oxygens (including phenoxy) is 2. The average Bonchev–Trinajstić information content (AvgIpc) is 2.85. The maximum atomic E-state index is 13.2. The number of nitrogens with zero attached hydrogens (tertiary/aromatic N) is 2. The highest BCUT2D eigenvalue weighted by Gasteiger charge is 2.33. The first kappa shape index (κ1) is 24.8. The van der Waals surface area contributed by atoms with Crippen molar-refractivity contribution in [3.8, 4) is 22.6 Å². The van der Waals surface area contributed by atoms with Crippen LogP contribution in [0.2, 0.25) is 0 Å². The van der Waals surface area contributed by atoms with Gasteiger partial charge in [0.15, 0.2) is 0 Å². The van der Waals surface area contributed by atoms with Crippen LogP contribution in [0.25, 0.3) is 11.1 Å². The van der Waals surface area contributed by atoms with E-state index in [2.05, 4.69) is 43.8 Å². The van der Waals surface area contributed by atoms with Gasteiger partial charge in [-0.3, -0.25) is 0 Å². The van der Waals surface area contributed by atoms with Gasteiger partial charge in [-0.05, 0) is 80.0 Å². The van der Waals surface area contributed by atoms with E-state index in [1.165, 1.54) is 17.5 Å². The monoisotopic (exact) mass is 492 g/mol. The normalized spacial score (nSPS) is 21.7. The second-order valence-electron chi connectivity index (χ2n) is 11.2. The zero-order valence-electron chi connectivity index (χ0n) is 22.2. The van der Waals surface area contributed by atoms with Crippen LogP contribution in [0.4, 0.5) is 16.2 Å². The third-order valence-corrected chi connectivity index (χ3v) is 8.41. The first-order valence-electron chi connectivity index (χ1n) is 13.7. The molecule has 194 valence electrons. The van der Waals surface area contributed by atoms with Crippen LogP contribution in [0.3, 0.4) is 0 Å². The molecule has 0 bridgehead atoms. The topological polar surface area (TPSA) is 62.2 Å². The zero-order chi connectivity index (χ0) is 25.4. The predicted octanol–water partition coefficient (Wildman–Crippen LogP) is 6.55. The van der Waals surface area contributed by atoms with Crippen molar-refractivity contribution in [1.82, 2.24) is 0 Å². The number of carbonyl (C=O) groups is 1. The molecule has 1 unspecified atom stereocenters. The lowest BCUT2D eigenvalue weighted by atomic mass is 9.79. The highest BCUT2D eigenvalue weighted by atomic mass is 16.7. The van der Waals surface area contributed by atoms with Gasteiger partial charge < -0.3 is 24.4 Å². The molecular formula is C30H40N2O4. The number of rotatable bonds is 4. The van der Waals surface area contributed by atoms with Crippen molar-refractivity contribution in [2.75, 3.05) is 37.0 Å². The van der Waals surface area contributed by atoms with E-state index in [9.17, 15) is 9.90 Å². The van der Waals surface area contributed by atoms with E-state index >= 15 is 0 Å². The van der Waals surface area contributed by atoms with Crippen LogP contribution in [0.1, 0.15) is 63.5 Å². The quantitative estimate of drug-likeness (QED) is 0.386. The van der Waals surface area contributed by atoms with E-state index in [0.29, 0.717) is 17.6 Å². The van der Waals surface area contributed by atoms with E-state index in [1.54, 1.807) is 6.07 Å². The van der Waals surface area contributed by atoms with Gasteiger partial charge >= 0.3 is 6.16 Å². The summed E-state index contributed by atoms with van der Waals surface area (Å²) in [5.41, 5.74) is 6.02. The van der Waals surface area contributed by atoms with E-state index in [-0.39, 0.29) is 11.9 Å². The molecular weight excluding hydrogens is 452 g/mol. The number of anilines is 2. The molecule has 0 aromatic heterocycles. The molecule has 1 aliphatic carbocycles. The maximum Gasteiger partial charge on any atom is 0.514 e. The first-order valence-corrected chi connectivity index (χ1v) is 13.7. The Bertz CT molecular complexity index is 1130. The minimum atomic E-state index is -0.648. The molecule has 6 nitrogen and oxygen atoms in total. The average molecular weight is 493 g/mol. The van der Waals surface area contributed by atoms with Crippen molar-refractivity contribution in [2.45, 2.75) is 71.3 Å². The summed E-state index contributed by atoms with van der Waals surface area (Å²) in [7, 11) is 4.15. The van der Waals surface area contributed by atoms with Crippen LogP contribution in [0.5, 0.6) is 11.5 Å². The van der Waals surface area contributed by atoms with Gasteiger partial charge in [-0.15, -0.1) is 0 Å². The molecule has 2 heterocycles. The summed E-state index contributed by atoms with van der Waals surface area (Å²) < 4.78 is 12.0. The molecule has 2 aliphatic heterocycles. The van der Waals surface area contributed by atoms with E-state index in [0.717, 1.165) is 80.5 Å². The summed E-state index contributed by atoms with van der Waals surface area (Å²) in [4.78, 5) is 17.6. The van der Waals surface area contributed by atoms with Gasteiger partial charge in [0.2, 0.25) is 0 Å². The first-order chi connectivity index (χ1) is 17.3. The van der Waals surface area contributed by atoms with Crippen LogP contribution >= 0.6 is 0 Å². The highest BCUT2D eigenvalue weighted by molar-refractivity contribution is 5.97. The molecule has 6 heteroatoms. The SMILES string of the molecule is CC(C)[C@@H]1CCCCC1OC(=O)Oc1ccc2c(c1-c1c(O)ccc3c1N(C)CCC3)N(C)CCC2. The summed E-state index contributed by atoms with van der Waals surface area (Å²) in [6.07, 6.45) is 7.55. The second kappa shape index (κ2) is 10.2. The molecule has 1 fully saturated rings. The molecule has 1 N–H and O–H groups in total. The summed E-state index contributed by atoms with van der Waals surface area (Å²) >= 11 is 0. The lowest BCUT2D eigenvalue weighted by Gasteiger charge is -2.35. The zero-order valence-corrected chi connectivity index (χ0v) is 22.2. The fourth-order valence-electron chi connectivity index (χ4n) is 6.60. The standard InChI is InChI=1S/C30H40N2O4/c1-19(2)22-11-5-6-12-24(22)35-30(34)36-25-16-14-21-10-8-18-32(4)29(21)27(25)26-23(33)15-13-20-9-7-17-31(3)28(20)26/h13-16,19,22,24,33H,5-12,17-18H2,1-4H3/t22-,24?/m0/s1. The van der Waals surface area contributed by atoms with E-state index < -0.39 is 6.16 Å². The Labute approximate surface area is 215 Å². The van der Waals surface area contributed by atoms with Crippen molar-refractivity contribution in [3.05, 3.63) is 35.4 Å². The van der Waals surface area contributed by atoms with Crippen LogP contribution in [0.15, 0.2) is 24.3 Å². The Morgan fingerprint density at radius 3 is 2.17 bits per heavy atom. The Balaban J connectivity index is 1.57. The Morgan fingerprint density at radius 2 is 1.50 bits per heavy atom. The smallest absolute Gasteiger partial charge is 0.507 e. The summed E-state index contributed by atoms with van der Waals surface area (Å²) in [5.74, 6) is 1.48. The van der Waals surface area contributed by atoms with Crippen molar-refractivity contribution in [3.63, 3.8) is 0 Å². The van der Waals surface area contributed by atoms with Gasteiger partial charge in [-0.2, -0.15) is 0 Å². The number of aryl methyl sites for hydroxylation is 2. The lowest BCUT2D eigenvalue weighted by Crippen LogP contribution is -2.34. The van der Waals surface area contributed by atoms with Gasteiger partial charge in [0, 0.05) is 27.2 Å². The maximum absolute atomic E-state index is 13.2. The molecule has 5 rings (SSSR count). The van der Waals surface area contributed by atoms with E-state index in [4.69, 9.17) is 9.47 Å². The van der Waals surface area contributed by atoms with Crippen molar-refractivity contribution in [1.29, 1.82) is 0 Å². The number of phenolic OH excluding ortho intramolecular Hbond substituents is 1. The number of hydrogen-bond acceptors (Lipinski definition) is 6. The fraction of sp³-hybridized carbons (Fsp3) is 0.567. The van der Waals surface area contributed by atoms with Crippen LogP contribution < -0.4 is 14.5 Å². The molecule has 0 spiro atoms. The largest absolute Gasteiger partial charge is 0.514 e. The third kappa shape index (κ3) is 4.62. The van der Waals surface area contributed by atoms with Crippen LogP contribution in [-0.4, -0.2) is 44.6 Å². The number of aromatic hydroxyl groups is 1. The Hall–Kier alpha value is -2.89. The fourth-order valence-corrected chi connectivity index (χ4v) is 6.60. The lowest BCUT2D eigenvalue weighted by molar-refractivity contribution is -0.00194. The number of phenols is 1. The molecule has 1 saturated carbocycles. The molecule has 0 amide bonds. The number of hydrogen-bond donors (Lipinski definition) is 1. The number of carbonyl (C=O) groups excluding carboxylic acids is 1. The minimum Gasteiger partial charge on any atom is -0.507 e.